The first kappa shape index (κ1) is 15.4. The van der Waals surface area contributed by atoms with E-state index < -0.39 is 10.3 Å². The van der Waals surface area contributed by atoms with E-state index in [2.05, 4.69) is 15.3 Å². The van der Waals surface area contributed by atoms with Crippen molar-refractivity contribution in [2.24, 2.45) is 11.1 Å². The molecule has 0 bridgehead atoms. The number of nitro groups is 1. The fourth-order valence-corrected chi connectivity index (χ4v) is 2.57. The van der Waals surface area contributed by atoms with Gasteiger partial charge in [0.15, 0.2) is 0 Å². The number of nitrogens with zero attached hydrogens (tertiary/aromatic N) is 3. The third-order valence-corrected chi connectivity index (χ3v) is 4.14. The summed E-state index contributed by atoms with van der Waals surface area (Å²) in [6.07, 6.45) is 3.70. The summed E-state index contributed by atoms with van der Waals surface area (Å²) < 4.78 is 0. The van der Waals surface area contributed by atoms with Crippen molar-refractivity contribution in [1.82, 2.24) is 9.97 Å². The molecule has 1 amide bonds. The van der Waals surface area contributed by atoms with Crippen molar-refractivity contribution >= 4 is 29.0 Å². The Labute approximate surface area is 126 Å². The maximum absolute atomic E-state index is 11.4. The van der Waals surface area contributed by atoms with Crippen LogP contribution < -0.4 is 11.1 Å². The predicted octanol–water partition coefficient (Wildman–Crippen LogP) is 1.88. The number of carbonyl (C=O) groups is 1. The van der Waals surface area contributed by atoms with Gasteiger partial charge in [-0.05, 0) is 37.3 Å². The molecule has 2 rings (SSSR count). The number of anilines is 1. The van der Waals surface area contributed by atoms with E-state index in [0.29, 0.717) is 25.7 Å². The fourth-order valence-electron chi connectivity index (χ4n) is 2.43. The van der Waals surface area contributed by atoms with Crippen LogP contribution in [0.15, 0.2) is 6.20 Å². The van der Waals surface area contributed by atoms with Gasteiger partial charge in [0.2, 0.25) is 17.0 Å². The van der Waals surface area contributed by atoms with Crippen LogP contribution in [0.4, 0.5) is 11.5 Å². The number of halogens is 1. The predicted molar refractivity (Wildman–Crippen MR) is 76.9 cm³/mol. The molecule has 1 aromatic heterocycles. The second kappa shape index (κ2) is 5.80. The van der Waals surface area contributed by atoms with Crippen molar-refractivity contribution in [2.45, 2.75) is 38.6 Å². The number of aromatic nitrogens is 2. The van der Waals surface area contributed by atoms with Crippen LogP contribution in [0.1, 0.15) is 32.6 Å². The van der Waals surface area contributed by atoms with Crippen molar-refractivity contribution < 1.29 is 9.72 Å². The minimum atomic E-state index is -0.561. The molecule has 3 N–H and O–H groups in total. The summed E-state index contributed by atoms with van der Waals surface area (Å²) in [4.78, 5) is 29.3. The number of hydrogen-bond acceptors (Lipinski definition) is 6. The van der Waals surface area contributed by atoms with E-state index in [9.17, 15) is 14.9 Å². The minimum Gasteiger partial charge on any atom is -0.369 e. The summed E-state index contributed by atoms with van der Waals surface area (Å²) in [6.45, 7) is 1.84. The zero-order valence-electron chi connectivity index (χ0n) is 11.5. The van der Waals surface area contributed by atoms with Gasteiger partial charge < -0.3 is 11.1 Å². The Morgan fingerprint density at radius 2 is 2.19 bits per heavy atom. The normalized spacial score (nSPS) is 25.3. The lowest BCUT2D eigenvalue weighted by atomic mass is 9.73. The molecule has 1 saturated carbocycles. The van der Waals surface area contributed by atoms with E-state index in [0.717, 1.165) is 6.20 Å². The van der Waals surface area contributed by atoms with Gasteiger partial charge in [-0.1, -0.05) is 6.92 Å². The second-order valence-corrected chi connectivity index (χ2v) is 5.81. The standard InChI is InChI=1S/C12H16ClN5O3/c1-12(10(14)19)4-2-7(3-5-12)16-9-8(18(20)21)6-15-11(13)17-9/h6-7H,2-5H2,1H3,(H2,14,19)(H,15,16,17)/t7-,12+. The first-order valence-electron chi connectivity index (χ1n) is 6.55. The van der Waals surface area contributed by atoms with Crippen LogP contribution in [0.5, 0.6) is 0 Å². The number of amides is 1. The molecule has 1 aliphatic carbocycles. The monoisotopic (exact) mass is 313 g/mol. The van der Waals surface area contributed by atoms with Gasteiger partial charge in [0.1, 0.15) is 6.20 Å². The second-order valence-electron chi connectivity index (χ2n) is 5.47. The zero-order valence-corrected chi connectivity index (χ0v) is 12.3. The van der Waals surface area contributed by atoms with Gasteiger partial charge in [0.25, 0.3) is 0 Å². The van der Waals surface area contributed by atoms with Crippen LogP contribution in [0, 0.1) is 15.5 Å². The van der Waals surface area contributed by atoms with Gasteiger partial charge in [-0.3, -0.25) is 14.9 Å². The molecule has 0 aromatic carbocycles. The first-order chi connectivity index (χ1) is 9.82. The summed E-state index contributed by atoms with van der Waals surface area (Å²) in [6, 6.07) is -0.0120. The Hall–Kier alpha value is -1.96. The molecule has 21 heavy (non-hydrogen) atoms. The number of nitrogens with one attached hydrogen (secondary N) is 1. The van der Waals surface area contributed by atoms with Crippen LogP contribution in [0.25, 0.3) is 0 Å². The van der Waals surface area contributed by atoms with Crippen LogP contribution in [-0.2, 0) is 4.79 Å². The quantitative estimate of drug-likeness (QED) is 0.497. The molecule has 0 radical (unpaired) electrons. The summed E-state index contributed by atoms with van der Waals surface area (Å²) in [5.74, 6) is -0.204. The Bertz CT molecular complexity index is 572. The summed E-state index contributed by atoms with van der Waals surface area (Å²) in [5.41, 5.74) is 4.67. The van der Waals surface area contributed by atoms with Crippen molar-refractivity contribution in [3.8, 4) is 0 Å². The summed E-state index contributed by atoms with van der Waals surface area (Å²) in [7, 11) is 0. The lowest BCUT2D eigenvalue weighted by Crippen LogP contribution is -2.40. The fraction of sp³-hybridized carbons (Fsp3) is 0.583. The lowest BCUT2D eigenvalue weighted by Gasteiger charge is -2.35. The Kier molecular flexibility index (Phi) is 4.26. The van der Waals surface area contributed by atoms with Crippen molar-refractivity contribution in [2.75, 3.05) is 5.32 Å². The van der Waals surface area contributed by atoms with Crippen molar-refractivity contribution in [3.05, 3.63) is 21.6 Å². The van der Waals surface area contributed by atoms with Crippen molar-refractivity contribution in [3.63, 3.8) is 0 Å². The maximum atomic E-state index is 11.4. The number of nitrogens with two attached hydrogens (primary N) is 1. The molecule has 114 valence electrons. The molecule has 1 aliphatic rings. The average molecular weight is 314 g/mol. The smallest absolute Gasteiger partial charge is 0.329 e. The van der Waals surface area contributed by atoms with Gasteiger partial charge in [0.05, 0.1) is 4.92 Å². The molecule has 1 heterocycles. The van der Waals surface area contributed by atoms with E-state index >= 15 is 0 Å². The Balaban J connectivity index is 2.09. The molecule has 0 aliphatic heterocycles. The SMILES string of the molecule is C[C@]1(C(N)=O)CC[C@@H](Nc2nc(Cl)ncc2[N+](=O)[O-])CC1. The van der Waals surface area contributed by atoms with Crippen LogP contribution in [0.3, 0.4) is 0 Å². The van der Waals surface area contributed by atoms with Gasteiger partial charge in [-0.2, -0.15) is 4.98 Å². The molecule has 1 aromatic rings. The number of rotatable bonds is 4. The third-order valence-electron chi connectivity index (χ3n) is 3.96. The maximum Gasteiger partial charge on any atom is 0.329 e. The summed E-state index contributed by atoms with van der Waals surface area (Å²) >= 11 is 5.68. The van der Waals surface area contributed by atoms with E-state index in [1.165, 1.54) is 0 Å². The molecule has 8 nitrogen and oxygen atoms in total. The first-order valence-corrected chi connectivity index (χ1v) is 6.93. The topological polar surface area (TPSA) is 124 Å². The average Bonchev–Trinajstić information content (AvgIpc) is 2.41. The van der Waals surface area contributed by atoms with Crippen LogP contribution in [0.2, 0.25) is 5.28 Å². The highest BCUT2D eigenvalue weighted by Gasteiger charge is 2.36. The lowest BCUT2D eigenvalue weighted by molar-refractivity contribution is -0.384. The number of primary amides is 1. The molecule has 0 saturated heterocycles. The highest BCUT2D eigenvalue weighted by Crippen LogP contribution is 2.37. The zero-order chi connectivity index (χ0) is 15.6. The van der Waals surface area contributed by atoms with Gasteiger partial charge in [-0.15, -0.1) is 0 Å². The molecular weight excluding hydrogens is 298 g/mol. The van der Waals surface area contributed by atoms with Gasteiger partial charge >= 0.3 is 5.69 Å². The van der Waals surface area contributed by atoms with Crippen molar-refractivity contribution in [1.29, 1.82) is 0 Å². The Morgan fingerprint density at radius 1 is 1.57 bits per heavy atom. The molecule has 9 heteroatoms. The van der Waals surface area contributed by atoms with E-state index in [1.54, 1.807) is 0 Å². The van der Waals surface area contributed by atoms with Crippen LogP contribution in [-0.4, -0.2) is 26.8 Å². The molecular formula is C12H16ClN5O3. The van der Waals surface area contributed by atoms with Gasteiger partial charge in [-0.25, -0.2) is 4.98 Å². The van der Waals surface area contributed by atoms with E-state index in [1.807, 2.05) is 6.92 Å². The summed E-state index contributed by atoms with van der Waals surface area (Å²) in [5, 5.41) is 13.9. The largest absolute Gasteiger partial charge is 0.369 e. The molecule has 0 atom stereocenters. The minimum absolute atomic E-state index is 0.0120. The Morgan fingerprint density at radius 3 is 2.71 bits per heavy atom. The number of carbonyl (C=O) groups excluding carboxylic acids is 1. The molecule has 0 spiro atoms. The van der Waals surface area contributed by atoms with Crippen LogP contribution >= 0.6 is 11.6 Å². The molecule has 0 unspecified atom stereocenters. The van der Waals surface area contributed by atoms with E-state index in [-0.39, 0.29) is 28.7 Å². The van der Waals surface area contributed by atoms with Gasteiger partial charge in [0, 0.05) is 11.5 Å². The third kappa shape index (κ3) is 3.38. The number of hydrogen-bond donors (Lipinski definition) is 2. The van der Waals surface area contributed by atoms with E-state index in [4.69, 9.17) is 17.3 Å². The highest BCUT2D eigenvalue weighted by atomic mass is 35.5. The molecule has 1 fully saturated rings. The highest BCUT2D eigenvalue weighted by molar-refractivity contribution is 6.28.